The standard InChI is InChI=1S/C19H15F3N4O4/c1-11-5-6-14(10-15(11)26(28)29)23-16(27)7-8-17-24-25-18(30-17)12-3-2-4-13(9-12)19(20,21)22/h2-6,9-10H,7-8H2,1H3,(H,23,27). The number of benzene rings is 2. The van der Waals surface area contributed by atoms with E-state index in [0.29, 0.717) is 5.56 Å². The van der Waals surface area contributed by atoms with Crippen molar-refractivity contribution in [1.29, 1.82) is 0 Å². The van der Waals surface area contributed by atoms with E-state index in [1.165, 1.54) is 24.3 Å². The Hall–Kier alpha value is -3.76. The van der Waals surface area contributed by atoms with Gasteiger partial charge in [-0.15, -0.1) is 10.2 Å². The van der Waals surface area contributed by atoms with Crippen LogP contribution in [0, 0.1) is 17.0 Å². The third-order valence-corrected chi connectivity index (χ3v) is 4.16. The van der Waals surface area contributed by atoms with Gasteiger partial charge in [-0.1, -0.05) is 12.1 Å². The Bertz CT molecular complexity index is 1100. The number of rotatable bonds is 6. The van der Waals surface area contributed by atoms with Crippen LogP contribution in [0.5, 0.6) is 0 Å². The maximum atomic E-state index is 12.8. The molecular weight excluding hydrogens is 405 g/mol. The van der Waals surface area contributed by atoms with Gasteiger partial charge in [-0.05, 0) is 31.2 Å². The first-order valence-electron chi connectivity index (χ1n) is 8.68. The number of carbonyl (C=O) groups is 1. The van der Waals surface area contributed by atoms with Gasteiger partial charge in [0.15, 0.2) is 0 Å². The lowest BCUT2D eigenvalue weighted by molar-refractivity contribution is -0.385. The summed E-state index contributed by atoms with van der Waals surface area (Å²) in [6, 6.07) is 8.78. The molecule has 3 aromatic rings. The molecule has 156 valence electrons. The van der Waals surface area contributed by atoms with Gasteiger partial charge in [-0.25, -0.2) is 0 Å². The summed E-state index contributed by atoms with van der Waals surface area (Å²) in [5, 5.41) is 21.0. The molecule has 0 aliphatic rings. The van der Waals surface area contributed by atoms with E-state index >= 15 is 0 Å². The second-order valence-corrected chi connectivity index (χ2v) is 6.39. The van der Waals surface area contributed by atoms with Crippen LogP contribution in [-0.2, 0) is 17.4 Å². The normalized spacial score (nSPS) is 11.3. The molecule has 0 radical (unpaired) electrons. The van der Waals surface area contributed by atoms with Crippen molar-refractivity contribution in [3.05, 3.63) is 69.6 Å². The number of nitrogens with one attached hydrogen (secondary N) is 1. The van der Waals surface area contributed by atoms with E-state index in [1.807, 2.05) is 0 Å². The monoisotopic (exact) mass is 420 g/mol. The number of halogens is 3. The third kappa shape index (κ3) is 4.99. The summed E-state index contributed by atoms with van der Waals surface area (Å²) in [6.07, 6.45) is -4.51. The molecule has 11 heteroatoms. The zero-order valence-corrected chi connectivity index (χ0v) is 15.6. The number of alkyl halides is 3. The van der Waals surface area contributed by atoms with Crippen molar-refractivity contribution in [2.45, 2.75) is 25.9 Å². The number of anilines is 1. The Kier molecular flexibility index (Phi) is 5.81. The minimum absolute atomic E-state index is 0.0474. The fourth-order valence-electron chi connectivity index (χ4n) is 2.63. The zero-order chi connectivity index (χ0) is 21.9. The van der Waals surface area contributed by atoms with Gasteiger partial charge >= 0.3 is 6.18 Å². The predicted molar refractivity (Wildman–Crippen MR) is 99.5 cm³/mol. The fraction of sp³-hybridized carbons (Fsp3) is 0.211. The summed E-state index contributed by atoms with van der Waals surface area (Å²) in [5.74, 6) is -0.454. The van der Waals surface area contributed by atoms with Gasteiger partial charge in [0.1, 0.15) is 0 Å². The fourth-order valence-corrected chi connectivity index (χ4v) is 2.63. The van der Waals surface area contributed by atoms with Gasteiger partial charge in [0.2, 0.25) is 17.7 Å². The van der Waals surface area contributed by atoms with Crippen LogP contribution in [-0.4, -0.2) is 21.0 Å². The molecule has 1 amide bonds. The summed E-state index contributed by atoms with van der Waals surface area (Å²) in [4.78, 5) is 22.5. The van der Waals surface area contributed by atoms with Crippen LogP contribution in [0.25, 0.3) is 11.5 Å². The van der Waals surface area contributed by atoms with Crippen molar-refractivity contribution in [3.63, 3.8) is 0 Å². The lowest BCUT2D eigenvalue weighted by atomic mass is 10.1. The van der Waals surface area contributed by atoms with E-state index in [1.54, 1.807) is 13.0 Å². The number of hydrogen-bond acceptors (Lipinski definition) is 6. The summed E-state index contributed by atoms with van der Waals surface area (Å²) in [6.45, 7) is 1.58. The number of aromatic nitrogens is 2. The van der Waals surface area contributed by atoms with Crippen LogP contribution in [0.3, 0.4) is 0 Å². The van der Waals surface area contributed by atoms with Crippen LogP contribution in [0.1, 0.15) is 23.4 Å². The van der Waals surface area contributed by atoms with Gasteiger partial charge in [-0.2, -0.15) is 13.2 Å². The van der Waals surface area contributed by atoms with Crippen molar-refractivity contribution in [1.82, 2.24) is 10.2 Å². The number of amides is 1. The number of aryl methyl sites for hydroxylation is 2. The number of nitro groups is 1. The molecule has 1 aromatic heterocycles. The third-order valence-electron chi connectivity index (χ3n) is 4.16. The van der Waals surface area contributed by atoms with Gasteiger partial charge in [0.05, 0.1) is 10.5 Å². The first-order chi connectivity index (χ1) is 14.1. The smallest absolute Gasteiger partial charge is 0.416 e. The minimum atomic E-state index is -4.50. The van der Waals surface area contributed by atoms with Gasteiger partial charge in [0.25, 0.3) is 5.69 Å². The maximum absolute atomic E-state index is 12.8. The number of nitro benzene ring substituents is 1. The van der Waals surface area contributed by atoms with Crippen molar-refractivity contribution in [3.8, 4) is 11.5 Å². The van der Waals surface area contributed by atoms with Crippen LogP contribution < -0.4 is 5.32 Å². The second kappa shape index (κ2) is 8.31. The quantitative estimate of drug-likeness (QED) is 0.463. The molecule has 8 nitrogen and oxygen atoms in total. The Labute approximate surface area is 167 Å². The molecule has 3 rings (SSSR count). The van der Waals surface area contributed by atoms with E-state index in [2.05, 4.69) is 15.5 Å². The molecule has 0 saturated heterocycles. The van der Waals surface area contributed by atoms with Crippen molar-refractivity contribution >= 4 is 17.3 Å². The highest BCUT2D eigenvalue weighted by atomic mass is 19.4. The Morgan fingerprint density at radius 2 is 1.97 bits per heavy atom. The van der Waals surface area contributed by atoms with Crippen molar-refractivity contribution in [2.24, 2.45) is 0 Å². The molecule has 0 bridgehead atoms. The molecule has 0 unspecified atom stereocenters. The first-order valence-corrected chi connectivity index (χ1v) is 8.68. The number of hydrogen-bond donors (Lipinski definition) is 1. The Morgan fingerprint density at radius 3 is 2.67 bits per heavy atom. The van der Waals surface area contributed by atoms with Gasteiger partial charge in [0, 0.05) is 35.7 Å². The van der Waals surface area contributed by atoms with Gasteiger partial charge < -0.3 is 9.73 Å². The molecular formula is C19H15F3N4O4. The topological polar surface area (TPSA) is 111 Å². The van der Waals surface area contributed by atoms with Crippen LogP contribution >= 0.6 is 0 Å². The highest BCUT2D eigenvalue weighted by Crippen LogP contribution is 2.31. The van der Waals surface area contributed by atoms with Crippen LogP contribution in [0.15, 0.2) is 46.9 Å². The summed E-state index contributed by atoms with van der Waals surface area (Å²) in [5.41, 5.74) is -0.111. The lowest BCUT2D eigenvalue weighted by Gasteiger charge is -2.06. The average molecular weight is 420 g/mol. The zero-order valence-electron chi connectivity index (χ0n) is 15.6. The van der Waals surface area contributed by atoms with Crippen molar-refractivity contribution in [2.75, 3.05) is 5.32 Å². The van der Waals surface area contributed by atoms with E-state index in [-0.39, 0.29) is 41.6 Å². The highest BCUT2D eigenvalue weighted by molar-refractivity contribution is 5.91. The molecule has 0 aliphatic heterocycles. The lowest BCUT2D eigenvalue weighted by Crippen LogP contribution is -2.12. The highest BCUT2D eigenvalue weighted by Gasteiger charge is 2.30. The molecule has 0 spiro atoms. The average Bonchev–Trinajstić information content (AvgIpc) is 3.16. The number of nitrogens with zero attached hydrogens (tertiary/aromatic N) is 3. The van der Waals surface area contributed by atoms with Crippen LogP contribution in [0.2, 0.25) is 0 Å². The summed E-state index contributed by atoms with van der Waals surface area (Å²) >= 11 is 0. The Morgan fingerprint density at radius 1 is 1.20 bits per heavy atom. The van der Waals surface area contributed by atoms with Gasteiger partial charge in [-0.3, -0.25) is 14.9 Å². The van der Waals surface area contributed by atoms with E-state index < -0.39 is 22.6 Å². The maximum Gasteiger partial charge on any atom is 0.416 e. The Balaban J connectivity index is 1.63. The summed E-state index contributed by atoms with van der Waals surface area (Å²) in [7, 11) is 0. The first kappa shape index (κ1) is 21.0. The van der Waals surface area contributed by atoms with E-state index in [9.17, 15) is 28.1 Å². The molecule has 0 aliphatic carbocycles. The second-order valence-electron chi connectivity index (χ2n) is 6.39. The molecule has 30 heavy (non-hydrogen) atoms. The SMILES string of the molecule is Cc1ccc(NC(=O)CCc2nnc(-c3cccc(C(F)(F)F)c3)o2)cc1[N+](=O)[O-]. The molecule has 0 saturated carbocycles. The van der Waals surface area contributed by atoms with E-state index in [0.717, 1.165) is 12.1 Å². The molecule has 2 aromatic carbocycles. The van der Waals surface area contributed by atoms with E-state index in [4.69, 9.17) is 4.42 Å². The summed E-state index contributed by atoms with van der Waals surface area (Å²) < 4.78 is 43.8. The molecule has 0 fully saturated rings. The molecule has 1 N–H and O–H groups in total. The predicted octanol–water partition coefficient (Wildman–Crippen LogP) is 4.54. The van der Waals surface area contributed by atoms with Crippen molar-refractivity contribution < 1.29 is 27.3 Å². The van der Waals surface area contributed by atoms with Crippen LogP contribution in [0.4, 0.5) is 24.5 Å². The number of carbonyl (C=O) groups excluding carboxylic acids is 1. The molecule has 1 heterocycles. The largest absolute Gasteiger partial charge is 0.421 e. The minimum Gasteiger partial charge on any atom is -0.421 e. The molecule has 0 atom stereocenters.